The molecule has 0 saturated heterocycles. The second-order valence-electron chi connectivity index (χ2n) is 8.55. The Morgan fingerprint density at radius 2 is 1.19 bits per heavy atom. The molecule has 0 fully saturated rings. The summed E-state index contributed by atoms with van der Waals surface area (Å²) >= 11 is 2.97. The number of phenols is 1. The highest BCUT2D eigenvalue weighted by Gasteiger charge is 2.32. The normalized spacial score (nSPS) is 15.3. The zero-order chi connectivity index (χ0) is 25.6. The summed E-state index contributed by atoms with van der Waals surface area (Å²) in [5.74, 6) is 0.455. The first-order chi connectivity index (χ1) is 17.9. The molecular weight excluding hydrogens is 523 g/mol. The van der Waals surface area contributed by atoms with Crippen molar-refractivity contribution in [1.29, 1.82) is 0 Å². The molecule has 0 amide bonds. The van der Waals surface area contributed by atoms with Crippen LogP contribution in [-0.4, -0.2) is 10.00 Å². The zero-order valence-corrected chi connectivity index (χ0v) is 22.1. The fraction of sp³-hybridized carbons (Fsp3) is 0.0345. The number of phenolic OH excluding ortho intramolecular Hbond substituents is 1. The molecule has 0 radical (unpaired) electrons. The molecule has 184 valence electrons. The van der Waals surface area contributed by atoms with Crippen molar-refractivity contribution in [3.8, 4) is 5.75 Å². The summed E-state index contributed by atoms with van der Waals surface area (Å²) in [6.45, 7) is 2.00. The quantitative estimate of drug-likeness (QED) is 0.250. The van der Waals surface area contributed by atoms with Crippen LogP contribution in [-0.2, 0) is 13.6 Å². The van der Waals surface area contributed by atoms with Crippen molar-refractivity contribution >= 4 is 55.0 Å². The number of phosphoric ester groups is 1. The molecular formula is C29H21O5PS2. The van der Waals surface area contributed by atoms with E-state index in [4.69, 9.17) is 9.05 Å². The Balaban J connectivity index is 1.42. The molecule has 0 aliphatic carbocycles. The van der Waals surface area contributed by atoms with Crippen LogP contribution < -0.4 is 0 Å². The van der Waals surface area contributed by atoms with Crippen LogP contribution in [0.3, 0.4) is 0 Å². The number of phosphoric acid groups is 1. The third-order valence-electron chi connectivity index (χ3n) is 6.00. The Hall–Kier alpha value is -3.35. The molecule has 37 heavy (non-hydrogen) atoms. The van der Waals surface area contributed by atoms with E-state index in [-0.39, 0.29) is 17.3 Å². The first-order valence-corrected chi connectivity index (χ1v) is 14.6. The number of hydrogen-bond donors (Lipinski definition) is 2. The summed E-state index contributed by atoms with van der Waals surface area (Å²) < 4.78 is 25.1. The molecule has 1 atom stereocenters. The summed E-state index contributed by atoms with van der Waals surface area (Å²) in [7, 11) is -4.67. The van der Waals surface area contributed by atoms with Crippen LogP contribution in [0.25, 0.3) is 23.7 Å². The number of fused-ring (bicyclic) bond motifs is 4. The first-order valence-electron chi connectivity index (χ1n) is 11.5. The second-order valence-corrected chi connectivity index (χ2v) is 12.0. The highest BCUT2D eigenvalue weighted by molar-refractivity contribution is 7.99. The van der Waals surface area contributed by atoms with Crippen molar-refractivity contribution in [1.82, 2.24) is 0 Å². The highest BCUT2D eigenvalue weighted by atomic mass is 32.2. The summed E-state index contributed by atoms with van der Waals surface area (Å²) in [6.07, 6.45) is 3.47. The number of aryl methyl sites for hydroxylation is 1. The van der Waals surface area contributed by atoms with Gasteiger partial charge in [0.15, 0.2) is 0 Å². The van der Waals surface area contributed by atoms with Crippen LogP contribution in [0.1, 0.15) is 27.8 Å². The maximum Gasteiger partial charge on any atom is 0.584 e. The van der Waals surface area contributed by atoms with E-state index < -0.39 is 7.82 Å². The average Bonchev–Trinajstić information content (AvgIpc) is 3.13. The van der Waals surface area contributed by atoms with Crippen LogP contribution >= 0.6 is 31.3 Å². The van der Waals surface area contributed by atoms with Gasteiger partial charge in [-0.15, -0.1) is 0 Å². The molecule has 1 unspecified atom stereocenters. The van der Waals surface area contributed by atoms with E-state index >= 15 is 0 Å². The van der Waals surface area contributed by atoms with Crippen molar-refractivity contribution in [3.05, 3.63) is 113 Å². The Labute approximate surface area is 223 Å². The van der Waals surface area contributed by atoms with Gasteiger partial charge in [0, 0.05) is 25.8 Å². The molecule has 0 aromatic heterocycles. The molecule has 2 N–H and O–H groups in total. The first kappa shape index (κ1) is 24.0. The van der Waals surface area contributed by atoms with Gasteiger partial charge in [-0.25, -0.2) is 4.57 Å². The SMILES string of the molecule is Cc1cccc2c1Sc1ccccc1C=C2OP(=O)(O)OC1=Cc2ccccc2Sc2c(O)cccc21. The predicted molar refractivity (Wildman–Crippen MR) is 148 cm³/mol. The molecule has 2 aliphatic heterocycles. The molecule has 8 heteroatoms. The van der Waals surface area contributed by atoms with E-state index in [0.29, 0.717) is 16.0 Å². The lowest BCUT2D eigenvalue weighted by atomic mass is 10.1. The second kappa shape index (κ2) is 9.51. The van der Waals surface area contributed by atoms with Gasteiger partial charge >= 0.3 is 7.82 Å². The van der Waals surface area contributed by atoms with Crippen molar-refractivity contribution < 1.29 is 23.6 Å². The van der Waals surface area contributed by atoms with E-state index in [0.717, 1.165) is 31.4 Å². The monoisotopic (exact) mass is 544 g/mol. The minimum atomic E-state index is -4.67. The Kier molecular flexibility index (Phi) is 6.17. The van der Waals surface area contributed by atoms with Crippen molar-refractivity contribution in [2.45, 2.75) is 26.5 Å². The van der Waals surface area contributed by atoms with E-state index in [2.05, 4.69) is 0 Å². The van der Waals surface area contributed by atoms with Crippen LogP contribution in [0.4, 0.5) is 0 Å². The maximum absolute atomic E-state index is 13.5. The van der Waals surface area contributed by atoms with E-state index in [1.165, 1.54) is 11.8 Å². The van der Waals surface area contributed by atoms with E-state index in [1.807, 2.05) is 73.7 Å². The molecule has 4 aromatic rings. The van der Waals surface area contributed by atoms with Gasteiger partial charge in [0.05, 0.1) is 4.90 Å². The van der Waals surface area contributed by atoms with Gasteiger partial charge in [-0.05, 0) is 60.0 Å². The van der Waals surface area contributed by atoms with E-state index in [9.17, 15) is 14.6 Å². The van der Waals surface area contributed by atoms with Gasteiger partial charge in [-0.2, -0.15) is 0 Å². The Morgan fingerprint density at radius 1 is 0.676 bits per heavy atom. The topological polar surface area (TPSA) is 76.0 Å². The molecule has 2 heterocycles. The minimum absolute atomic E-state index is 0.0619. The smallest absolute Gasteiger partial charge is 0.507 e. The van der Waals surface area contributed by atoms with Crippen LogP contribution in [0, 0.1) is 6.92 Å². The van der Waals surface area contributed by atoms with Gasteiger partial charge in [-0.1, -0.05) is 84.2 Å². The highest BCUT2D eigenvalue weighted by Crippen LogP contribution is 2.56. The van der Waals surface area contributed by atoms with Gasteiger partial charge in [0.25, 0.3) is 0 Å². The van der Waals surface area contributed by atoms with E-state index in [1.54, 1.807) is 42.1 Å². The number of hydrogen-bond acceptors (Lipinski definition) is 6. The Morgan fingerprint density at radius 3 is 1.81 bits per heavy atom. The summed E-state index contributed by atoms with van der Waals surface area (Å²) in [6, 6.07) is 26.2. The van der Waals surface area contributed by atoms with Crippen molar-refractivity contribution in [2.75, 3.05) is 0 Å². The number of rotatable bonds is 4. The lowest BCUT2D eigenvalue weighted by molar-refractivity contribution is 0.264. The lowest BCUT2D eigenvalue weighted by Gasteiger charge is -2.19. The van der Waals surface area contributed by atoms with Crippen LogP contribution in [0.5, 0.6) is 5.75 Å². The maximum atomic E-state index is 13.5. The van der Waals surface area contributed by atoms with Crippen molar-refractivity contribution in [2.24, 2.45) is 0 Å². The number of benzene rings is 4. The molecule has 0 saturated carbocycles. The summed E-state index contributed by atoms with van der Waals surface area (Å²) in [5.41, 5.74) is 3.94. The van der Waals surface area contributed by atoms with Gasteiger partial charge in [0.1, 0.15) is 17.3 Å². The lowest BCUT2D eigenvalue weighted by Crippen LogP contribution is -1.98. The third kappa shape index (κ3) is 4.72. The summed E-state index contributed by atoms with van der Waals surface area (Å²) in [5, 5.41) is 10.6. The standard InChI is InChI=1S/C29H21O5PS2/c1-18-8-6-11-21-24(16-19-9-2-4-14-26(19)36-28(18)21)33-35(31,32)34-25-17-20-10-3-5-15-27(20)37-29-22(25)12-7-13-23(29)30/h2-17,30H,1H3,(H,31,32). The largest absolute Gasteiger partial charge is 0.584 e. The zero-order valence-electron chi connectivity index (χ0n) is 19.6. The minimum Gasteiger partial charge on any atom is -0.507 e. The molecule has 5 nitrogen and oxygen atoms in total. The molecule has 4 aromatic carbocycles. The third-order valence-corrected chi connectivity index (χ3v) is 9.42. The van der Waals surface area contributed by atoms with Crippen molar-refractivity contribution in [3.63, 3.8) is 0 Å². The van der Waals surface area contributed by atoms with Crippen LogP contribution in [0.15, 0.2) is 105 Å². The molecule has 6 rings (SSSR count). The van der Waals surface area contributed by atoms with Gasteiger partial charge in [0.2, 0.25) is 0 Å². The Bertz CT molecular complexity index is 1540. The fourth-order valence-electron chi connectivity index (χ4n) is 4.27. The fourth-order valence-corrected chi connectivity index (χ4v) is 7.29. The average molecular weight is 545 g/mol. The summed E-state index contributed by atoms with van der Waals surface area (Å²) in [4.78, 5) is 14.4. The number of aromatic hydroxyl groups is 1. The van der Waals surface area contributed by atoms with Crippen LogP contribution in [0.2, 0.25) is 0 Å². The predicted octanol–water partition coefficient (Wildman–Crippen LogP) is 8.46. The molecule has 0 spiro atoms. The van der Waals surface area contributed by atoms with Gasteiger partial charge < -0.3 is 14.2 Å². The molecule has 0 bridgehead atoms. The molecule has 2 aliphatic rings. The van der Waals surface area contributed by atoms with Gasteiger partial charge in [-0.3, -0.25) is 4.89 Å².